The molecule has 5 nitrogen and oxygen atoms in total. The van der Waals surface area contributed by atoms with E-state index in [-0.39, 0.29) is 11.8 Å². The van der Waals surface area contributed by atoms with Crippen LogP contribution in [-0.2, 0) is 0 Å². The zero-order valence-electron chi connectivity index (χ0n) is 9.48. The third kappa shape index (κ3) is 1.57. The SMILES string of the molecule is Cc1cc(Br)cc(-n2ncc3c(O)[nH]c(O)c32)c1. The summed E-state index contributed by atoms with van der Waals surface area (Å²) in [4.78, 5) is 2.47. The van der Waals surface area contributed by atoms with E-state index in [9.17, 15) is 10.2 Å². The van der Waals surface area contributed by atoms with Crippen molar-refractivity contribution in [3.8, 4) is 17.4 Å². The number of aromatic nitrogens is 3. The molecule has 0 saturated heterocycles. The standard InChI is InChI=1S/C12H10BrN3O2/c1-6-2-7(13)4-8(3-6)16-10-9(5-14-16)11(17)15-12(10)18/h2-5,15,17-18H,1H3. The fourth-order valence-corrected chi connectivity index (χ4v) is 2.62. The number of aromatic hydroxyl groups is 2. The number of nitrogens with one attached hydrogen (secondary N) is 1. The smallest absolute Gasteiger partial charge is 0.218 e. The normalized spacial score (nSPS) is 11.2. The second-order valence-electron chi connectivity index (χ2n) is 4.13. The first-order valence-electron chi connectivity index (χ1n) is 5.31. The van der Waals surface area contributed by atoms with Gasteiger partial charge in [-0.25, -0.2) is 4.68 Å². The van der Waals surface area contributed by atoms with Crippen LogP contribution >= 0.6 is 15.9 Å². The van der Waals surface area contributed by atoms with Gasteiger partial charge >= 0.3 is 0 Å². The molecule has 2 heterocycles. The minimum absolute atomic E-state index is 0.0829. The molecule has 3 rings (SSSR count). The van der Waals surface area contributed by atoms with Crippen LogP contribution in [0.3, 0.4) is 0 Å². The first-order valence-corrected chi connectivity index (χ1v) is 6.11. The van der Waals surface area contributed by atoms with Crippen molar-refractivity contribution in [2.75, 3.05) is 0 Å². The molecule has 3 N–H and O–H groups in total. The van der Waals surface area contributed by atoms with Gasteiger partial charge in [0.05, 0.1) is 17.3 Å². The number of fused-ring (bicyclic) bond motifs is 1. The fraction of sp³-hybridized carbons (Fsp3) is 0.0833. The van der Waals surface area contributed by atoms with E-state index >= 15 is 0 Å². The highest BCUT2D eigenvalue weighted by atomic mass is 79.9. The molecule has 0 amide bonds. The third-order valence-corrected chi connectivity index (χ3v) is 3.21. The lowest BCUT2D eigenvalue weighted by Gasteiger charge is -2.05. The Labute approximate surface area is 111 Å². The quantitative estimate of drug-likeness (QED) is 0.647. The zero-order valence-corrected chi connectivity index (χ0v) is 11.1. The Morgan fingerprint density at radius 3 is 2.72 bits per heavy atom. The van der Waals surface area contributed by atoms with Crippen LogP contribution in [-0.4, -0.2) is 25.0 Å². The Kier molecular flexibility index (Phi) is 2.34. The molecular formula is C12H10BrN3O2. The summed E-state index contributed by atoms with van der Waals surface area (Å²) in [5, 5.41) is 24.0. The van der Waals surface area contributed by atoms with E-state index in [0.717, 1.165) is 15.7 Å². The van der Waals surface area contributed by atoms with E-state index in [0.29, 0.717) is 10.9 Å². The molecule has 0 saturated carbocycles. The molecule has 0 fully saturated rings. The van der Waals surface area contributed by atoms with Crippen LogP contribution in [0.15, 0.2) is 28.9 Å². The van der Waals surface area contributed by atoms with E-state index in [2.05, 4.69) is 26.0 Å². The van der Waals surface area contributed by atoms with Gasteiger partial charge in [0.1, 0.15) is 5.52 Å². The number of H-pyrrole nitrogens is 1. The van der Waals surface area contributed by atoms with Gasteiger partial charge in [-0.05, 0) is 30.7 Å². The molecule has 18 heavy (non-hydrogen) atoms. The van der Waals surface area contributed by atoms with Gasteiger partial charge in [0.2, 0.25) is 11.8 Å². The fourth-order valence-electron chi connectivity index (χ4n) is 2.02. The van der Waals surface area contributed by atoms with Crippen molar-refractivity contribution in [2.24, 2.45) is 0 Å². The number of nitrogens with zero attached hydrogens (tertiary/aromatic N) is 2. The highest BCUT2D eigenvalue weighted by Gasteiger charge is 2.16. The van der Waals surface area contributed by atoms with E-state index < -0.39 is 0 Å². The Bertz CT molecular complexity index is 725. The first-order chi connectivity index (χ1) is 8.56. The summed E-state index contributed by atoms with van der Waals surface area (Å²) >= 11 is 3.43. The van der Waals surface area contributed by atoms with Crippen molar-refractivity contribution < 1.29 is 10.2 Å². The largest absolute Gasteiger partial charge is 0.494 e. The summed E-state index contributed by atoms with van der Waals surface area (Å²) in [6.07, 6.45) is 1.51. The van der Waals surface area contributed by atoms with Crippen molar-refractivity contribution in [3.63, 3.8) is 0 Å². The lowest BCUT2D eigenvalue weighted by molar-refractivity contribution is 0.427. The van der Waals surface area contributed by atoms with E-state index in [1.807, 2.05) is 25.1 Å². The van der Waals surface area contributed by atoms with Crippen LogP contribution in [0.5, 0.6) is 11.8 Å². The van der Waals surface area contributed by atoms with Gasteiger partial charge < -0.3 is 10.2 Å². The predicted octanol–water partition coefficient (Wildman–Crippen LogP) is 2.84. The number of benzene rings is 1. The molecule has 92 valence electrons. The molecule has 3 aromatic rings. The van der Waals surface area contributed by atoms with Gasteiger partial charge in [-0.15, -0.1) is 0 Å². The summed E-state index contributed by atoms with van der Waals surface area (Å²) < 4.78 is 2.51. The van der Waals surface area contributed by atoms with Crippen molar-refractivity contribution in [1.29, 1.82) is 0 Å². The van der Waals surface area contributed by atoms with Gasteiger partial charge in [-0.1, -0.05) is 15.9 Å². The summed E-state index contributed by atoms with van der Waals surface area (Å²) in [6, 6.07) is 5.82. The van der Waals surface area contributed by atoms with E-state index in [4.69, 9.17) is 0 Å². The van der Waals surface area contributed by atoms with Gasteiger partial charge in [-0.2, -0.15) is 5.10 Å². The average molecular weight is 308 g/mol. The van der Waals surface area contributed by atoms with Crippen LogP contribution in [0, 0.1) is 6.92 Å². The van der Waals surface area contributed by atoms with Gasteiger partial charge in [0, 0.05) is 4.47 Å². The van der Waals surface area contributed by atoms with Crippen molar-refractivity contribution in [1.82, 2.24) is 14.8 Å². The maximum absolute atomic E-state index is 9.77. The Morgan fingerprint density at radius 1 is 1.22 bits per heavy atom. The molecular weight excluding hydrogens is 298 g/mol. The maximum atomic E-state index is 9.77. The molecule has 0 bridgehead atoms. The van der Waals surface area contributed by atoms with Crippen molar-refractivity contribution in [2.45, 2.75) is 6.92 Å². The first kappa shape index (κ1) is 11.2. The highest BCUT2D eigenvalue weighted by molar-refractivity contribution is 9.10. The van der Waals surface area contributed by atoms with Crippen LogP contribution < -0.4 is 0 Å². The predicted molar refractivity (Wildman–Crippen MR) is 71.2 cm³/mol. The summed E-state index contributed by atoms with van der Waals surface area (Å²) in [6.45, 7) is 1.98. The molecule has 0 radical (unpaired) electrons. The van der Waals surface area contributed by atoms with Crippen LogP contribution in [0.2, 0.25) is 0 Å². The number of hydrogen-bond acceptors (Lipinski definition) is 3. The van der Waals surface area contributed by atoms with E-state index in [1.54, 1.807) is 4.68 Å². The number of halogens is 1. The number of rotatable bonds is 1. The molecule has 0 aliphatic rings. The molecule has 0 spiro atoms. The maximum Gasteiger partial charge on any atom is 0.218 e. The molecule has 0 atom stereocenters. The lowest BCUT2D eigenvalue weighted by Crippen LogP contribution is -1.96. The summed E-state index contributed by atoms with van der Waals surface area (Å²) in [5.41, 5.74) is 2.35. The van der Waals surface area contributed by atoms with Crippen LogP contribution in [0.4, 0.5) is 0 Å². The molecule has 0 aliphatic carbocycles. The second kappa shape index (κ2) is 3.78. The number of aryl methyl sites for hydroxylation is 1. The monoisotopic (exact) mass is 307 g/mol. The molecule has 0 unspecified atom stereocenters. The Balaban J connectivity index is 2.31. The second-order valence-corrected chi connectivity index (χ2v) is 5.04. The van der Waals surface area contributed by atoms with Crippen molar-refractivity contribution >= 4 is 26.8 Å². The minimum Gasteiger partial charge on any atom is -0.494 e. The summed E-state index contributed by atoms with van der Waals surface area (Å²) in [7, 11) is 0. The van der Waals surface area contributed by atoms with E-state index in [1.165, 1.54) is 6.20 Å². The minimum atomic E-state index is -0.0994. The van der Waals surface area contributed by atoms with Gasteiger partial charge in [0.25, 0.3) is 0 Å². The lowest BCUT2D eigenvalue weighted by atomic mass is 10.2. The Hall–Kier alpha value is -1.95. The van der Waals surface area contributed by atoms with Crippen molar-refractivity contribution in [3.05, 3.63) is 34.4 Å². The zero-order chi connectivity index (χ0) is 12.9. The van der Waals surface area contributed by atoms with Gasteiger partial charge in [-0.3, -0.25) is 4.98 Å². The van der Waals surface area contributed by atoms with Crippen LogP contribution in [0.1, 0.15) is 5.56 Å². The summed E-state index contributed by atoms with van der Waals surface area (Å²) in [5.74, 6) is -0.182. The highest BCUT2D eigenvalue weighted by Crippen LogP contribution is 2.33. The molecule has 2 aromatic heterocycles. The topological polar surface area (TPSA) is 74.1 Å². The molecule has 0 aliphatic heterocycles. The third-order valence-electron chi connectivity index (χ3n) is 2.76. The molecule has 6 heteroatoms. The Morgan fingerprint density at radius 2 is 2.00 bits per heavy atom. The van der Waals surface area contributed by atoms with Gasteiger partial charge in [0.15, 0.2) is 0 Å². The molecule has 1 aromatic carbocycles. The number of aromatic amines is 1. The van der Waals surface area contributed by atoms with Crippen LogP contribution in [0.25, 0.3) is 16.6 Å². The number of hydrogen-bond donors (Lipinski definition) is 3. The average Bonchev–Trinajstić information content (AvgIpc) is 2.81.